The average molecular weight is 828 g/mol. The zero-order chi connectivity index (χ0) is 43.3. The number of para-hydroxylation sites is 1. The van der Waals surface area contributed by atoms with Gasteiger partial charge in [0, 0.05) is 22.4 Å². The first-order valence-electron chi connectivity index (χ1n) is 22.6. The number of rotatable bonds is 8. The van der Waals surface area contributed by atoms with E-state index in [-0.39, 0.29) is 5.41 Å². The van der Waals surface area contributed by atoms with E-state index >= 15 is 0 Å². The monoisotopic (exact) mass is 827 g/mol. The Hall–Kier alpha value is -8.26. The second kappa shape index (κ2) is 15.8. The molecule has 0 aromatic heterocycles. The molecule has 0 heterocycles. The third-order valence-electron chi connectivity index (χ3n) is 13.7. The lowest BCUT2D eigenvalue weighted by Crippen LogP contribution is -2.22. The van der Waals surface area contributed by atoms with Crippen LogP contribution in [0.2, 0.25) is 0 Å². The van der Waals surface area contributed by atoms with Gasteiger partial charge in [-0.1, -0.05) is 218 Å². The molecule has 12 rings (SSSR count). The maximum atomic E-state index is 2.47. The number of hydrogen-bond acceptors (Lipinski definition) is 1. The van der Waals surface area contributed by atoms with Gasteiger partial charge >= 0.3 is 0 Å². The summed E-state index contributed by atoms with van der Waals surface area (Å²) in [6, 6.07) is 93.6. The first-order chi connectivity index (χ1) is 32.1. The Morgan fingerprint density at radius 2 is 0.815 bits per heavy atom. The van der Waals surface area contributed by atoms with Gasteiger partial charge < -0.3 is 4.90 Å². The van der Waals surface area contributed by atoms with Gasteiger partial charge in [-0.2, -0.15) is 0 Å². The van der Waals surface area contributed by atoms with Gasteiger partial charge in [0.2, 0.25) is 0 Å². The highest BCUT2D eigenvalue weighted by Crippen LogP contribution is 2.54. The van der Waals surface area contributed by atoms with E-state index < -0.39 is 0 Å². The molecule has 0 amide bonds. The van der Waals surface area contributed by atoms with Gasteiger partial charge in [-0.05, 0) is 132 Å². The summed E-state index contributed by atoms with van der Waals surface area (Å²) >= 11 is 0. The molecule has 0 spiro atoms. The van der Waals surface area contributed by atoms with Crippen LogP contribution in [0.15, 0.2) is 255 Å². The fourth-order valence-corrected chi connectivity index (χ4v) is 10.7. The lowest BCUT2D eigenvalue weighted by molar-refractivity contribution is 0.714. The van der Waals surface area contributed by atoms with E-state index in [0.29, 0.717) is 0 Å². The van der Waals surface area contributed by atoms with Crippen molar-refractivity contribution in [1.82, 2.24) is 0 Å². The van der Waals surface area contributed by atoms with Crippen molar-refractivity contribution in [2.45, 2.75) is 12.3 Å². The quantitative estimate of drug-likeness (QED) is 0.138. The lowest BCUT2D eigenvalue weighted by Gasteiger charge is -2.30. The number of anilines is 3. The first-order valence-corrected chi connectivity index (χ1v) is 22.6. The highest BCUT2D eigenvalue weighted by atomic mass is 15.1. The Kier molecular flexibility index (Phi) is 9.35. The van der Waals surface area contributed by atoms with Crippen molar-refractivity contribution >= 4 is 38.6 Å². The van der Waals surface area contributed by atoms with Gasteiger partial charge in [0.1, 0.15) is 0 Å². The second-order valence-corrected chi connectivity index (χ2v) is 17.3. The van der Waals surface area contributed by atoms with Gasteiger partial charge in [0.05, 0.1) is 5.69 Å². The van der Waals surface area contributed by atoms with E-state index in [0.717, 1.165) is 28.2 Å². The van der Waals surface area contributed by atoms with Crippen LogP contribution in [0.1, 0.15) is 23.6 Å². The zero-order valence-electron chi connectivity index (χ0n) is 36.2. The fraction of sp³-hybridized carbons (Fsp3) is 0.0312. The number of nitrogens with zero attached hydrogens (tertiary/aromatic N) is 1. The predicted molar refractivity (Wildman–Crippen MR) is 275 cm³/mol. The maximum absolute atomic E-state index is 2.47. The minimum atomic E-state index is -0.286. The molecule has 11 aromatic rings. The molecule has 11 aromatic carbocycles. The van der Waals surface area contributed by atoms with Gasteiger partial charge in [0.25, 0.3) is 0 Å². The molecule has 0 saturated heterocycles. The van der Waals surface area contributed by atoms with Crippen LogP contribution in [-0.4, -0.2) is 0 Å². The van der Waals surface area contributed by atoms with Gasteiger partial charge in [-0.3, -0.25) is 0 Å². The summed E-state index contributed by atoms with van der Waals surface area (Å²) in [6.07, 6.45) is 0. The standard InChI is InChI=1S/C64H45N/c1-64(49-28-12-5-13-29-49)59-35-18-16-33-55(59)57-43-51(38-40-60(57)64)65(50-30-20-27-47(41-50)44-21-6-2-7-22-44)61-36-19-17-31-52(61)48-37-39-54-53-32-14-15-34-56(53)62(45-23-8-3-9-24-45)63(58(54)42-48)46-25-10-4-11-26-46/h2-43H,1H3. The summed E-state index contributed by atoms with van der Waals surface area (Å²) in [7, 11) is 0. The molecule has 1 unspecified atom stereocenters. The van der Waals surface area contributed by atoms with Crippen molar-refractivity contribution in [3.8, 4) is 55.6 Å². The largest absolute Gasteiger partial charge is 0.310 e. The van der Waals surface area contributed by atoms with Crippen LogP contribution in [0.25, 0.3) is 77.2 Å². The third kappa shape index (κ3) is 6.39. The van der Waals surface area contributed by atoms with Crippen LogP contribution in [-0.2, 0) is 5.41 Å². The van der Waals surface area contributed by atoms with E-state index in [2.05, 4.69) is 267 Å². The summed E-state index contributed by atoms with van der Waals surface area (Å²) in [4.78, 5) is 2.47. The Bertz CT molecular complexity index is 3540. The van der Waals surface area contributed by atoms with E-state index in [1.54, 1.807) is 0 Å². The zero-order valence-corrected chi connectivity index (χ0v) is 36.2. The molecule has 1 aliphatic rings. The Morgan fingerprint density at radius 3 is 1.54 bits per heavy atom. The van der Waals surface area contributed by atoms with Crippen molar-refractivity contribution in [3.63, 3.8) is 0 Å². The molecule has 0 saturated carbocycles. The molecule has 1 nitrogen and oxygen atoms in total. The maximum Gasteiger partial charge on any atom is 0.0540 e. The summed E-state index contributed by atoms with van der Waals surface area (Å²) in [5, 5.41) is 4.98. The molecule has 306 valence electrons. The highest BCUT2D eigenvalue weighted by Gasteiger charge is 2.41. The van der Waals surface area contributed by atoms with E-state index in [1.165, 1.54) is 82.7 Å². The topological polar surface area (TPSA) is 3.24 Å². The molecule has 1 atom stereocenters. The Balaban J connectivity index is 1.11. The third-order valence-corrected chi connectivity index (χ3v) is 13.7. The van der Waals surface area contributed by atoms with Crippen LogP contribution in [0.3, 0.4) is 0 Å². The van der Waals surface area contributed by atoms with Crippen molar-refractivity contribution in [1.29, 1.82) is 0 Å². The highest BCUT2D eigenvalue weighted by molar-refractivity contribution is 6.22. The second-order valence-electron chi connectivity index (χ2n) is 17.3. The number of fused-ring (bicyclic) bond motifs is 6. The van der Waals surface area contributed by atoms with Crippen molar-refractivity contribution in [2.75, 3.05) is 4.90 Å². The van der Waals surface area contributed by atoms with E-state index in [9.17, 15) is 0 Å². The van der Waals surface area contributed by atoms with Crippen LogP contribution < -0.4 is 4.90 Å². The minimum Gasteiger partial charge on any atom is -0.310 e. The molecule has 0 fully saturated rings. The van der Waals surface area contributed by atoms with Crippen molar-refractivity contribution in [2.24, 2.45) is 0 Å². The summed E-state index contributed by atoms with van der Waals surface area (Å²) in [5.41, 5.74) is 19.1. The van der Waals surface area contributed by atoms with E-state index in [1.807, 2.05) is 0 Å². The number of hydrogen-bond donors (Lipinski definition) is 0. The Morgan fingerprint density at radius 1 is 0.292 bits per heavy atom. The lowest BCUT2D eigenvalue weighted by atomic mass is 9.74. The molecule has 1 aliphatic carbocycles. The van der Waals surface area contributed by atoms with Crippen molar-refractivity contribution in [3.05, 3.63) is 271 Å². The molecular weight excluding hydrogens is 783 g/mol. The fourth-order valence-electron chi connectivity index (χ4n) is 10.7. The smallest absolute Gasteiger partial charge is 0.0540 e. The summed E-state index contributed by atoms with van der Waals surface area (Å²) < 4.78 is 0. The number of benzene rings is 11. The van der Waals surface area contributed by atoms with Crippen molar-refractivity contribution < 1.29 is 0 Å². The van der Waals surface area contributed by atoms with Gasteiger partial charge in [-0.15, -0.1) is 0 Å². The molecule has 0 radical (unpaired) electrons. The molecule has 0 N–H and O–H groups in total. The predicted octanol–water partition coefficient (Wildman–Crippen LogP) is 17.5. The normalized spacial score (nSPS) is 14.0. The molecular formula is C64H45N. The Labute approximate surface area is 381 Å². The molecule has 65 heavy (non-hydrogen) atoms. The molecule has 0 aliphatic heterocycles. The first kappa shape index (κ1) is 38.4. The van der Waals surface area contributed by atoms with Crippen LogP contribution in [0.4, 0.5) is 17.1 Å². The molecule has 1 heteroatoms. The summed E-state index contributed by atoms with van der Waals surface area (Å²) in [5.74, 6) is 0. The van der Waals surface area contributed by atoms with E-state index in [4.69, 9.17) is 0 Å². The van der Waals surface area contributed by atoms with Crippen LogP contribution in [0.5, 0.6) is 0 Å². The average Bonchev–Trinajstić information content (AvgIpc) is 3.65. The molecule has 0 bridgehead atoms. The van der Waals surface area contributed by atoms with Gasteiger partial charge in [0.15, 0.2) is 0 Å². The minimum absolute atomic E-state index is 0.286. The van der Waals surface area contributed by atoms with Gasteiger partial charge in [-0.25, -0.2) is 0 Å². The van der Waals surface area contributed by atoms with Crippen LogP contribution in [0, 0.1) is 0 Å². The SMILES string of the molecule is CC1(c2ccccc2)c2ccccc2-c2cc(N(c3cccc(-c4ccccc4)c3)c3ccccc3-c3ccc4c(c3)c(-c3ccccc3)c(-c3ccccc3)c3ccccc34)ccc21. The van der Waals surface area contributed by atoms with Crippen LogP contribution >= 0.6 is 0 Å². The summed E-state index contributed by atoms with van der Waals surface area (Å²) in [6.45, 7) is 2.39.